The molecule has 0 radical (unpaired) electrons. The van der Waals surface area contributed by atoms with Crippen LogP contribution in [0.25, 0.3) is 5.57 Å². The van der Waals surface area contributed by atoms with Gasteiger partial charge < -0.3 is 19.7 Å². The highest BCUT2D eigenvalue weighted by molar-refractivity contribution is 5.67. The predicted molar refractivity (Wildman–Crippen MR) is 111 cm³/mol. The molecule has 1 N–H and O–H groups in total. The van der Waals surface area contributed by atoms with Crippen molar-refractivity contribution in [2.45, 2.75) is 51.2 Å². The van der Waals surface area contributed by atoms with E-state index in [9.17, 15) is 15.0 Å². The van der Waals surface area contributed by atoms with E-state index in [0.717, 1.165) is 29.7 Å². The van der Waals surface area contributed by atoms with E-state index in [1.165, 1.54) is 11.1 Å². The van der Waals surface area contributed by atoms with Crippen LogP contribution in [0.3, 0.4) is 0 Å². The molecule has 0 saturated carbocycles. The molecule has 0 fully saturated rings. The molecule has 1 aliphatic carbocycles. The number of aliphatic hydroxyl groups is 1. The third-order valence-electron chi connectivity index (χ3n) is 5.06. The normalized spacial score (nSPS) is 16.9. The molecule has 0 aromatic heterocycles. The Balaban J connectivity index is 1.63. The first-order chi connectivity index (χ1) is 14.0. The minimum absolute atomic E-state index is 0.124. The Hall–Kier alpha value is -3.03. The van der Waals surface area contributed by atoms with E-state index < -0.39 is 5.97 Å². The Morgan fingerprint density at radius 1 is 1.28 bits per heavy atom. The monoisotopic (exact) mass is 389 g/mol. The van der Waals surface area contributed by atoms with Crippen molar-refractivity contribution in [1.29, 1.82) is 0 Å². The van der Waals surface area contributed by atoms with Crippen LogP contribution in [-0.2, 0) is 11.4 Å². The largest absolute Gasteiger partial charge is 0.550 e. The highest BCUT2D eigenvalue weighted by atomic mass is 16.5. The highest BCUT2D eigenvalue weighted by Gasteiger charge is 2.13. The fraction of sp³-hybridized carbons (Fsp3) is 0.320. The molecule has 0 amide bonds. The van der Waals surface area contributed by atoms with Gasteiger partial charge in [-0.2, -0.15) is 0 Å². The van der Waals surface area contributed by atoms with Gasteiger partial charge in [-0.25, -0.2) is 0 Å². The van der Waals surface area contributed by atoms with Gasteiger partial charge in [0.15, 0.2) is 0 Å². The van der Waals surface area contributed by atoms with Crippen LogP contribution in [0.2, 0.25) is 0 Å². The van der Waals surface area contributed by atoms with Crippen molar-refractivity contribution in [2.24, 2.45) is 0 Å². The van der Waals surface area contributed by atoms with Crippen molar-refractivity contribution in [3.05, 3.63) is 71.3 Å². The molecule has 0 bridgehead atoms. The summed E-state index contributed by atoms with van der Waals surface area (Å²) in [5, 5.41) is 20.6. The number of ether oxygens (including phenoxy) is 1. The van der Waals surface area contributed by atoms with E-state index >= 15 is 0 Å². The van der Waals surface area contributed by atoms with Crippen LogP contribution in [0.1, 0.15) is 55.2 Å². The van der Waals surface area contributed by atoms with Crippen LogP contribution in [0.5, 0.6) is 5.75 Å². The SMILES string of the molecule is CC#CC(CC(=O)[O-])c1ccc(OCc2cccc(C3=CCC(O)CC3)c2)cc1. The molecule has 29 heavy (non-hydrogen) atoms. The van der Waals surface area contributed by atoms with Crippen molar-refractivity contribution < 1.29 is 19.7 Å². The number of hydrogen-bond acceptors (Lipinski definition) is 4. The Kier molecular flexibility index (Phi) is 7.10. The van der Waals surface area contributed by atoms with Gasteiger partial charge in [-0.05, 0) is 66.6 Å². The first-order valence-corrected chi connectivity index (χ1v) is 9.86. The van der Waals surface area contributed by atoms with E-state index in [4.69, 9.17) is 4.74 Å². The zero-order valence-corrected chi connectivity index (χ0v) is 16.6. The topological polar surface area (TPSA) is 69.6 Å². The molecule has 0 aliphatic heterocycles. The van der Waals surface area contributed by atoms with Crippen LogP contribution in [-0.4, -0.2) is 17.2 Å². The van der Waals surface area contributed by atoms with Gasteiger partial charge in [-0.1, -0.05) is 42.3 Å². The molecule has 4 heteroatoms. The summed E-state index contributed by atoms with van der Waals surface area (Å²) in [6.07, 6.45) is 4.18. The van der Waals surface area contributed by atoms with Crippen LogP contribution in [0.15, 0.2) is 54.6 Å². The van der Waals surface area contributed by atoms with Crippen molar-refractivity contribution in [2.75, 3.05) is 0 Å². The molecule has 0 saturated heterocycles. The maximum Gasteiger partial charge on any atom is 0.119 e. The van der Waals surface area contributed by atoms with Crippen LogP contribution in [0.4, 0.5) is 0 Å². The minimum atomic E-state index is -1.11. The lowest BCUT2D eigenvalue weighted by molar-refractivity contribution is -0.305. The van der Waals surface area contributed by atoms with Gasteiger partial charge in [-0.3, -0.25) is 0 Å². The second-order valence-corrected chi connectivity index (χ2v) is 7.24. The first kappa shape index (κ1) is 20.7. The minimum Gasteiger partial charge on any atom is -0.550 e. The van der Waals surface area contributed by atoms with E-state index in [1.807, 2.05) is 36.4 Å². The third kappa shape index (κ3) is 5.97. The summed E-state index contributed by atoms with van der Waals surface area (Å²) in [5.74, 6) is 4.92. The van der Waals surface area contributed by atoms with Crippen molar-refractivity contribution in [3.63, 3.8) is 0 Å². The highest BCUT2D eigenvalue weighted by Crippen LogP contribution is 2.28. The number of aliphatic hydroxyl groups excluding tert-OH is 1. The average Bonchev–Trinajstić information content (AvgIpc) is 2.73. The molecule has 2 aromatic rings. The number of benzene rings is 2. The number of aliphatic carboxylic acids is 1. The number of carbonyl (C=O) groups is 1. The maximum atomic E-state index is 10.9. The lowest BCUT2D eigenvalue weighted by atomic mass is 9.91. The molecule has 2 atom stereocenters. The molecule has 4 nitrogen and oxygen atoms in total. The summed E-state index contributed by atoms with van der Waals surface area (Å²) in [6.45, 7) is 2.14. The molecule has 1 aliphatic rings. The molecule has 2 unspecified atom stereocenters. The summed E-state index contributed by atoms with van der Waals surface area (Å²) in [4.78, 5) is 10.9. The first-order valence-electron chi connectivity index (χ1n) is 9.86. The summed E-state index contributed by atoms with van der Waals surface area (Å²) in [5.41, 5.74) is 4.36. The van der Waals surface area contributed by atoms with Crippen LogP contribution < -0.4 is 9.84 Å². The molecular weight excluding hydrogens is 364 g/mol. The lowest BCUT2D eigenvalue weighted by Crippen LogP contribution is -2.24. The summed E-state index contributed by atoms with van der Waals surface area (Å²) < 4.78 is 5.90. The lowest BCUT2D eigenvalue weighted by Gasteiger charge is -2.18. The Bertz CT molecular complexity index is 931. The Labute approximate surface area is 171 Å². The van der Waals surface area contributed by atoms with E-state index in [0.29, 0.717) is 13.0 Å². The Morgan fingerprint density at radius 2 is 2.07 bits per heavy atom. The average molecular weight is 389 g/mol. The quantitative estimate of drug-likeness (QED) is 0.737. The molecule has 150 valence electrons. The van der Waals surface area contributed by atoms with E-state index in [1.54, 1.807) is 6.92 Å². The van der Waals surface area contributed by atoms with Crippen molar-refractivity contribution >= 4 is 11.5 Å². The molecule has 0 heterocycles. The third-order valence-corrected chi connectivity index (χ3v) is 5.06. The fourth-order valence-corrected chi connectivity index (χ4v) is 3.50. The second kappa shape index (κ2) is 9.95. The summed E-state index contributed by atoms with van der Waals surface area (Å²) >= 11 is 0. The van der Waals surface area contributed by atoms with Gasteiger partial charge >= 0.3 is 0 Å². The smallest absolute Gasteiger partial charge is 0.119 e. The van der Waals surface area contributed by atoms with E-state index in [-0.39, 0.29) is 18.4 Å². The van der Waals surface area contributed by atoms with Gasteiger partial charge in [0.05, 0.1) is 12.0 Å². The number of rotatable bonds is 7. The van der Waals surface area contributed by atoms with Gasteiger partial charge in [0, 0.05) is 12.4 Å². The molecule has 3 rings (SSSR count). The zero-order valence-electron chi connectivity index (χ0n) is 16.6. The number of hydrogen-bond donors (Lipinski definition) is 1. The van der Waals surface area contributed by atoms with Crippen LogP contribution >= 0.6 is 0 Å². The number of carbonyl (C=O) groups excluding carboxylic acids is 1. The number of allylic oxidation sites excluding steroid dienone is 1. The fourth-order valence-electron chi connectivity index (χ4n) is 3.50. The van der Waals surface area contributed by atoms with E-state index in [2.05, 4.69) is 30.0 Å². The van der Waals surface area contributed by atoms with Gasteiger partial charge in [0.25, 0.3) is 0 Å². The Morgan fingerprint density at radius 3 is 2.72 bits per heavy atom. The van der Waals surface area contributed by atoms with Crippen molar-refractivity contribution in [1.82, 2.24) is 0 Å². The maximum absolute atomic E-state index is 10.9. The molecular formula is C25H25O4-. The summed E-state index contributed by atoms with van der Waals surface area (Å²) in [7, 11) is 0. The number of carboxylic acid groups (broad SMARTS) is 1. The second-order valence-electron chi connectivity index (χ2n) is 7.24. The van der Waals surface area contributed by atoms with Crippen LogP contribution in [0, 0.1) is 11.8 Å². The predicted octanol–water partition coefficient (Wildman–Crippen LogP) is 3.44. The van der Waals surface area contributed by atoms with Gasteiger partial charge in [0.1, 0.15) is 12.4 Å². The standard InChI is InChI=1S/C25H26O4/c1-2-4-21(16-25(27)28)20-9-13-24(14-10-20)29-17-18-5-3-6-22(15-18)19-7-11-23(26)12-8-19/h3,5-7,9-10,13-15,21,23,26H,8,11-12,16-17H2,1H3,(H,27,28)/p-1. The molecule has 0 spiro atoms. The summed E-state index contributed by atoms with van der Waals surface area (Å²) in [6, 6.07) is 15.6. The molecule has 2 aromatic carbocycles. The van der Waals surface area contributed by atoms with Gasteiger partial charge in [-0.15, -0.1) is 5.92 Å². The van der Waals surface area contributed by atoms with Crippen molar-refractivity contribution in [3.8, 4) is 17.6 Å². The zero-order chi connectivity index (χ0) is 20.6. The van der Waals surface area contributed by atoms with Gasteiger partial charge in [0.2, 0.25) is 0 Å². The number of carboxylic acids is 1.